The number of hydrogen-bond donors (Lipinski definition) is 0. The van der Waals surface area contributed by atoms with Crippen molar-refractivity contribution in [2.75, 3.05) is 13.8 Å². The molecule has 2 aromatic heterocycles. The number of carbonyl (C=O) groups excluding carboxylic acids is 1. The third kappa shape index (κ3) is 3.09. The number of fused-ring (bicyclic) bond motifs is 1. The molecule has 0 radical (unpaired) electrons. The van der Waals surface area contributed by atoms with Gasteiger partial charge in [-0.1, -0.05) is 6.07 Å². The van der Waals surface area contributed by atoms with Crippen molar-refractivity contribution in [3.05, 3.63) is 52.8 Å². The van der Waals surface area contributed by atoms with Gasteiger partial charge in [-0.05, 0) is 44.5 Å². The number of nitrogens with zero attached hydrogens (tertiary/aromatic N) is 4. The van der Waals surface area contributed by atoms with Gasteiger partial charge in [0.15, 0.2) is 22.3 Å². The molecule has 1 amide bonds. The van der Waals surface area contributed by atoms with Gasteiger partial charge in [0.2, 0.25) is 6.79 Å². The molecule has 7 nitrogen and oxygen atoms in total. The fourth-order valence-corrected chi connectivity index (χ4v) is 3.97. The first-order chi connectivity index (χ1) is 13.4. The van der Waals surface area contributed by atoms with E-state index in [1.807, 2.05) is 39.0 Å². The van der Waals surface area contributed by atoms with Crippen molar-refractivity contribution in [1.82, 2.24) is 19.9 Å². The first-order valence-electron chi connectivity index (χ1n) is 8.81. The van der Waals surface area contributed by atoms with Gasteiger partial charge in [-0.3, -0.25) is 4.79 Å². The monoisotopic (exact) mass is 396 g/mol. The highest BCUT2D eigenvalue weighted by Crippen LogP contribution is 2.38. The molecule has 1 aliphatic heterocycles. The second kappa shape index (κ2) is 6.87. The number of carbonyl (C=O) groups is 1. The van der Waals surface area contributed by atoms with Crippen LogP contribution in [-0.2, 0) is 5.54 Å². The molecule has 0 atom stereocenters. The Hall–Kier alpha value is -3.00. The maximum absolute atomic E-state index is 13.3. The molecule has 0 spiro atoms. The average molecular weight is 396 g/mol. The zero-order chi connectivity index (χ0) is 19.9. The van der Waals surface area contributed by atoms with Gasteiger partial charge in [0.1, 0.15) is 4.88 Å². The highest BCUT2D eigenvalue weighted by Gasteiger charge is 2.33. The van der Waals surface area contributed by atoms with Crippen LogP contribution in [0.15, 0.2) is 36.7 Å². The van der Waals surface area contributed by atoms with Crippen LogP contribution in [0.4, 0.5) is 0 Å². The largest absolute Gasteiger partial charge is 0.454 e. The first-order valence-corrected chi connectivity index (χ1v) is 9.62. The van der Waals surface area contributed by atoms with Gasteiger partial charge >= 0.3 is 0 Å². The predicted molar refractivity (Wildman–Crippen MR) is 106 cm³/mol. The van der Waals surface area contributed by atoms with Gasteiger partial charge in [-0.2, -0.15) is 0 Å². The van der Waals surface area contributed by atoms with Crippen LogP contribution in [0, 0.1) is 6.92 Å². The van der Waals surface area contributed by atoms with Crippen molar-refractivity contribution in [2.24, 2.45) is 0 Å². The molecule has 144 valence electrons. The minimum Gasteiger partial charge on any atom is -0.454 e. The molecule has 3 aromatic rings. The van der Waals surface area contributed by atoms with Crippen molar-refractivity contribution in [2.45, 2.75) is 26.3 Å². The van der Waals surface area contributed by atoms with E-state index in [9.17, 15) is 4.79 Å². The summed E-state index contributed by atoms with van der Waals surface area (Å²) < 4.78 is 10.9. The summed E-state index contributed by atoms with van der Waals surface area (Å²) in [5.41, 5.74) is 1.07. The van der Waals surface area contributed by atoms with Crippen molar-refractivity contribution < 1.29 is 14.3 Å². The topological polar surface area (TPSA) is 77.4 Å². The molecule has 1 aromatic carbocycles. The van der Waals surface area contributed by atoms with Crippen LogP contribution >= 0.6 is 11.3 Å². The first kappa shape index (κ1) is 18.4. The Morgan fingerprint density at radius 3 is 2.64 bits per heavy atom. The van der Waals surface area contributed by atoms with E-state index in [-0.39, 0.29) is 12.7 Å². The molecular formula is C20H20N4O3S. The van der Waals surface area contributed by atoms with Crippen molar-refractivity contribution in [3.8, 4) is 22.3 Å². The summed E-state index contributed by atoms with van der Waals surface area (Å²) in [4.78, 5) is 28.5. The number of aromatic nitrogens is 3. The van der Waals surface area contributed by atoms with Gasteiger partial charge in [0.25, 0.3) is 5.91 Å². The molecule has 0 saturated heterocycles. The van der Waals surface area contributed by atoms with E-state index in [4.69, 9.17) is 9.47 Å². The number of aryl methyl sites for hydroxylation is 1. The van der Waals surface area contributed by atoms with Gasteiger partial charge < -0.3 is 14.4 Å². The van der Waals surface area contributed by atoms with Gasteiger partial charge in [0.05, 0.1) is 11.2 Å². The molecule has 0 unspecified atom stereocenters. The second-order valence-electron chi connectivity index (χ2n) is 7.00. The molecule has 0 aliphatic carbocycles. The maximum Gasteiger partial charge on any atom is 0.266 e. The van der Waals surface area contributed by atoms with Gasteiger partial charge in [0, 0.05) is 19.4 Å². The summed E-state index contributed by atoms with van der Waals surface area (Å²) in [6, 6.07) is 7.51. The lowest BCUT2D eigenvalue weighted by Gasteiger charge is -2.36. The van der Waals surface area contributed by atoms with Crippen molar-refractivity contribution in [1.29, 1.82) is 0 Å². The Balaban J connectivity index is 1.63. The van der Waals surface area contributed by atoms with E-state index in [1.54, 1.807) is 30.4 Å². The quantitative estimate of drug-likeness (QED) is 0.670. The highest BCUT2D eigenvalue weighted by molar-refractivity contribution is 7.17. The number of thiazole rings is 1. The lowest BCUT2D eigenvalue weighted by atomic mass is 9.92. The molecule has 8 heteroatoms. The smallest absolute Gasteiger partial charge is 0.266 e. The molecule has 0 saturated carbocycles. The van der Waals surface area contributed by atoms with E-state index >= 15 is 0 Å². The summed E-state index contributed by atoms with van der Waals surface area (Å²) in [7, 11) is 1.80. The van der Waals surface area contributed by atoms with E-state index < -0.39 is 5.54 Å². The zero-order valence-corrected chi connectivity index (χ0v) is 16.9. The highest BCUT2D eigenvalue weighted by atomic mass is 32.1. The standard InChI is InChI=1S/C20H20N4O3S/c1-12-16(28-18(23-12)17-21-8-5-9-22-17)19(25)24(4)20(2,3)13-6-7-14-15(10-13)27-11-26-14/h5-10H,11H2,1-4H3. The summed E-state index contributed by atoms with van der Waals surface area (Å²) in [6.45, 7) is 6.05. The number of amides is 1. The SMILES string of the molecule is Cc1nc(-c2ncccn2)sc1C(=O)N(C)C(C)(C)c1ccc2c(c1)OCO2. The molecule has 0 N–H and O–H groups in total. The predicted octanol–water partition coefficient (Wildman–Crippen LogP) is 3.64. The summed E-state index contributed by atoms with van der Waals surface area (Å²) >= 11 is 1.31. The van der Waals surface area contributed by atoms with Crippen LogP contribution < -0.4 is 9.47 Å². The second-order valence-corrected chi connectivity index (χ2v) is 8.00. The summed E-state index contributed by atoms with van der Waals surface area (Å²) in [6.07, 6.45) is 3.32. The Labute approximate surface area is 167 Å². The number of hydrogen-bond acceptors (Lipinski definition) is 7. The fraction of sp³-hybridized carbons (Fsp3) is 0.300. The Morgan fingerprint density at radius 1 is 1.18 bits per heavy atom. The number of benzene rings is 1. The molecule has 0 bridgehead atoms. The van der Waals surface area contributed by atoms with E-state index in [1.165, 1.54) is 11.3 Å². The van der Waals surface area contributed by atoms with Crippen LogP contribution in [0.5, 0.6) is 11.5 Å². The van der Waals surface area contributed by atoms with E-state index in [0.29, 0.717) is 27.2 Å². The van der Waals surface area contributed by atoms with Crippen LogP contribution in [0.25, 0.3) is 10.8 Å². The number of rotatable bonds is 4. The van der Waals surface area contributed by atoms with Crippen LogP contribution in [-0.4, -0.2) is 39.6 Å². The zero-order valence-electron chi connectivity index (χ0n) is 16.1. The molecule has 28 heavy (non-hydrogen) atoms. The van der Waals surface area contributed by atoms with Crippen LogP contribution in [0.2, 0.25) is 0 Å². The Morgan fingerprint density at radius 2 is 1.89 bits per heavy atom. The average Bonchev–Trinajstić information content (AvgIpc) is 3.33. The molecular weight excluding hydrogens is 376 g/mol. The Bertz CT molecular complexity index is 1030. The third-order valence-corrected chi connectivity index (χ3v) is 6.11. The van der Waals surface area contributed by atoms with Crippen molar-refractivity contribution >= 4 is 17.2 Å². The van der Waals surface area contributed by atoms with Crippen molar-refractivity contribution in [3.63, 3.8) is 0 Å². The summed E-state index contributed by atoms with van der Waals surface area (Å²) in [5, 5.41) is 0.635. The molecule has 1 aliphatic rings. The van der Waals surface area contributed by atoms with Gasteiger partial charge in [-0.25, -0.2) is 15.0 Å². The lowest BCUT2D eigenvalue weighted by molar-refractivity contribution is 0.0626. The lowest BCUT2D eigenvalue weighted by Crippen LogP contribution is -2.42. The van der Waals surface area contributed by atoms with Crippen LogP contribution in [0.1, 0.15) is 34.8 Å². The molecule has 3 heterocycles. The maximum atomic E-state index is 13.3. The third-order valence-electron chi connectivity index (χ3n) is 4.97. The number of ether oxygens (including phenoxy) is 2. The fourth-order valence-electron chi connectivity index (χ4n) is 2.98. The van der Waals surface area contributed by atoms with Crippen LogP contribution in [0.3, 0.4) is 0 Å². The molecule has 4 rings (SSSR count). The minimum atomic E-state index is -0.558. The van der Waals surface area contributed by atoms with E-state index in [2.05, 4.69) is 15.0 Å². The Kier molecular flexibility index (Phi) is 4.50. The van der Waals surface area contributed by atoms with Gasteiger partial charge in [-0.15, -0.1) is 11.3 Å². The minimum absolute atomic E-state index is 0.0974. The normalized spacial score (nSPS) is 12.9. The molecule has 0 fully saturated rings. The van der Waals surface area contributed by atoms with E-state index in [0.717, 1.165) is 11.3 Å². The summed E-state index contributed by atoms with van der Waals surface area (Å²) in [5.74, 6) is 1.84.